The van der Waals surface area contributed by atoms with Gasteiger partial charge in [0.15, 0.2) is 0 Å². The van der Waals surface area contributed by atoms with Crippen molar-refractivity contribution in [3.63, 3.8) is 0 Å². The second-order valence-corrected chi connectivity index (χ2v) is 6.22. The molecule has 0 aliphatic heterocycles. The Balaban J connectivity index is 2.19. The number of nitro groups is 1. The maximum atomic E-state index is 12.9. The normalized spacial score (nSPS) is 11.6. The molecule has 9 heteroatoms. The summed E-state index contributed by atoms with van der Waals surface area (Å²) in [7, 11) is 0. The molecule has 1 amide bonds. The SMILES string of the molecule is Cc1cc(C)c([N+](=O)[O-])c(C)c1C(=O)NCC(Oc1ccc(F)cc1)C(=O)O. The Kier molecular flexibility index (Phi) is 6.29. The Labute approximate surface area is 160 Å². The van der Waals surface area contributed by atoms with E-state index in [0.29, 0.717) is 11.1 Å². The fraction of sp³-hybridized carbons (Fsp3) is 0.263. The number of carbonyl (C=O) groups is 2. The topological polar surface area (TPSA) is 119 Å². The van der Waals surface area contributed by atoms with Crippen molar-refractivity contribution in [2.75, 3.05) is 6.54 Å². The van der Waals surface area contributed by atoms with Crippen LogP contribution in [0.25, 0.3) is 0 Å². The maximum Gasteiger partial charge on any atom is 0.346 e. The van der Waals surface area contributed by atoms with Crippen LogP contribution in [0.15, 0.2) is 30.3 Å². The third-order valence-corrected chi connectivity index (χ3v) is 4.16. The van der Waals surface area contributed by atoms with Crippen LogP contribution in [0, 0.1) is 36.7 Å². The second-order valence-electron chi connectivity index (χ2n) is 6.22. The first kappa shape index (κ1) is 20.8. The van der Waals surface area contributed by atoms with Crippen molar-refractivity contribution in [2.45, 2.75) is 26.9 Å². The second kappa shape index (κ2) is 8.47. The van der Waals surface area contributed by atoms with E-state index in [0.717, 1.165) is 12.1 Å². The number of rotatable bonds is 7. The van der Waals surface area contributed by atoms with Gasteiger partial charge in [0.1, 0.15) is 11.6 Å². The number of aliphatic carboxylic acids is 1. The lowest BCUT2D eigenvalue weighted by Crippen LogP contribution is -2.40. The molecular formula is C19H19FN2O6. The molecule has 0 aromatic heterocycles. The molecule has 0 heterocycles. The number of nitrogens with one attached hydrogen (secondary N) is 1. The summed E-state index contributed by atoms with van der Waals surface area (Å²) >= 11 is 0. The molecule has 28 heavy (non-hydrogen) atoms. The van der Waals surface area contributed by atoms with Crippen molar-refractivity contribution in [1.82, 2.24) is 5.32 Å². The summed E-state index contributed by atoms with van der Waals surface area (Å²) in [6.07, 6.45) is -1.42. The predicted molar refractivity (Wildman–Crippen MR) is 98.1 cm³/mol. The van der Waals surface area contributed by atoms with Gasteiger partial charge in [0.05, 0.1) is 17.0 Å². The van der Waals surface area contributed by atoms with Crippen molar-refractivity contribution in [3.05, 3.63) is 68.5 Å². The van der Waals surface area contributed by atoms with Crippen molar-refractivity contribution in [1.29, 1.82) is 0 Å². The monoisotopic (exact) mass is 390 g/mol. The summed E-state index contributed by atoms with van der Waals surface area (Å²) in [4.78, 5) is 34.7. The number of carbonyl (C=O) groups excluding carboxylic acids is 1. The number of nitro benzene ring substituents is 1. The highest BCUT2D eigenvalue weighted by molar-refractivity contribution is 5.98. The number of carboxylic acids is 1. The zero-order valence-electron chi connectivity index (χ0n) is 15.5. The molecule has 148 valence electrons. The number of carboxylic acid groups (broad SMARTS) is 1. The molecular weight excluding hydrogens is 371 g/mol. The van der Waals surface area contributed by atoms with E-state index in [9.17, 15) is 29.2 Å². The third-order valence-electron chi connectivity index (χ3n) is 4.16. The van der Waals surface area contributed by atoms with Crippen molar-refractivity contribution < 1.29 is 28.7 Å². The van der Waals surface area contributed by atoms with Gasteiger partial charge < -0.3 is 15.2 Å². The number of nitrogens with zero attached hydrogens (tertiary/aromatic N) is 1. The summed E-state index contributed by atoms with van der Waals surface area (Å²) < 4.78 is 18.2. The number of aryl methyl sites for hydroxylation is 2. The molecule has 0 aliphatic carbocycles. The maximum absolute atomic E-state index is 12.9. The third kappa shape index (κ3) is 4.61. The largest absolute Gasteiger partial charge is 0.478 e. The van der Waals surface area contributed by atoms with Gasteiger partial charge in [0.25, 0.3) is 11.6 Å². The van der Waals surface area contributed by atoms with Crippen molar-refractivity contribution in [3.8, 4) is 5.75 Å². The Bertz CT molecular complexity index is 927. The van der Waals surface area contributed by atoms with Crippen LogP contribution in [0.4, 0.5) is 10.1 Å². The summed E-state index contributed by atoms with van der Waals surface area (Å²) in [5, 5.41) is 23.0. The van der Waals surface area contributed by atoms with Crippen LogP contribution in [-0.2, 0) is 4.79 Å². The summed E-state index contributed by atoms with van der Waals surface area (Å²) in [6.45, 7) is 4.31. The number of amides is 1. The Morgan fingerprint density at radius 3 is 2.36 bits per heavy atom. The van der Waals surface area contributed by atoms with E-state index >= 15 is 0 Å². The average Bonchev–Trinajstić information content (AvgIpc) is 2.59. The van der Waals surface area contributed by atoms with Crippen LogP contribution in [0.1, 0.15) is 27.0 Å². The minimum absolute atomic E-state index is 0.114. The van der Waals surface area contributed by atoms with Gasteiger partial charge in [-0.15, -0.1) is 0 Å². The molecule has 1 unspecified atom stereocenters. The molecule has 0 aliphatic rings. The van der Waals surface area contributed by atoms with Gasteiger partial charge in [-0.3, -0.25) is 14.9 Å². The Morgan fingerprint density at radius 2 is 1.82 bits per heavy atom. The molecule has 8 nitrogen and oxygen atoms in total. The fourth-order valence-electron chi connectivity index (χ4n) is 2.94. The van der Waals surface area contributed by atoms with Gasteiger partial charge in [0.2, 0.25) is 6.10 Å². The van der Waals surface area contributed by atoms with Gasteiger partial charge in [-0.2, -0.15) is 0 Å². The Morgan fingerprint density at radius 1 is 1.21 bits per heavy atom. The average molecular weight is 390 g/mol. The molecule has 2 aromatic rings. The predicted octanol–water partition coefficient (Wildman–Crippen LogP) is 2.92. The number of benzene rings is 2. The highest BCUT2D eigenvalue weighted by Crippen LogP contribution is 2.28. The molecule has 0 radical (unpaired) electrons. The smallest absolute Gasteiger partial charge is 0.346 e. The van der Waals surface area contributed by atoms with Gasteiger partial charge in [-0.25, -0.2) is 9.18 Å². The fourth-order valence-corrected chi connectivity index (χ4v) is 2.94. The van der Waals surface area contributed by atoms with Crippen LogP contribution in [0.5, 0.6) is 5.75 Å². The summed E-state index contributed by atoms with van der Waals surface area (Å²) in [5.41, 5.74) is 1.12. The van der Waals surface area contributed by atoms with E-state index in [2.05, 4.69) is 5.32 Å². The van der Waals surface area contributed by atoms with Crippen LogP contribution in [0.2, 0.25) is 0 Å². The van der Waals surface area contributed by atoms with Crippen LogP contribution in [0.3, 0.4) is 0 Å². The van der Waals surface area contributed by atoms with E-state index in [4.69, 9.17) is 4.74 Å². The van der Waals surface area contributed by atoms with Crippen LogP contribution < -0.4 is 10.1 Å². The first-order valence-corrected chi connectivity index (χ1v) is 8.30. The number of hydrogen-bond acceptors (Lipinski definition) is 5. The lowest BCUT2D eigenvalue weighted by atomic mass is 9.97. The molecule has 0 spiro atoms. The zero-order valence-corrected chi connectivity index (χ0v) is 15.5. The molecule has 2 aromatic carbocycles. The zero-order chi connectivity index (χ0) is 21.0. The van der Waals surface area contributed by atoms with Crippen molar-refractivity contribution in [2.24, 2.45) is 0 Å². The Hall–Kier alpha value is -3.49. The molecule has 0 saturated carbocycles. The van der Waals surface area contributed by atoms with E-state index in [1.165, 1.54) is 25.1 Å². The minimum atomic E-state index is -1.42. The van der Waals surface area contributed by atoms with E-state index < -0.39 is 28.7 Å². The van der Waals surface area contributed by atoms with Crippen LogP contribution >= 0.6 is 0 Å². The number of hydrogen-bond donors (Lipinski definition) is 2. The van der Waals surface area contributed by atoms with Gasteiger partial charge in [-0.1, -0.05) is 0 Å². The minimum Gasteiger partial charge on any atom is -0.478 e. The lowest BCUT2D eigenvalue weighted by Gasteiger charge is -2.17. The first-order chi connectivity index (χ1) is 13.1. The van der Waals surface area contributed by atoms with E-state index in [1.807, 2.05) is 0 Å². The molecule has 2 rings (SSSR count). The van der Waals surface area contributed by atoms with Crippen LogP contribution in [-0.4, -0.2) is 34.6 Å². The van der Waals surface area contributed by atoms with E-state index in [-0.39, 0.29) is 29.1 Å². The molecule has 0 bridgehead atoms. The van der Waals surface area contributed by atoms with Gasteiger partial charge in [0, 0.05) is 11.1 Å². The quantitative estimate of drug-likeness (QED) is 0.554. The summed E-state index contributed by atoms with van der Waals surface area (Å²) in [6, 6.07) is 6.30. The van der Waals surface area contributed by atoms with Gasteiger partial charge in [-0.05, 0) is 56.7 Å². The highest BCUT2D eigenvalue weighted by Gasteiger charge is 2.26. The lowest BCUT2D eigenvalue weighted by molar-refractivity contribution is -0.386. The number of halogens is 1. The van der Waals surface area contributed by atoms with Crippen molar-refractivity contribution >= 4 is 17.6 Å². The summed E-state index contributed by atoms with van der Waals surface area (Å²) in [5.74, 6) is -2.35. The van der Waals surface area contributed by atoms with Gasteiger partial charge >= 0.3 is 5.97 Å². The molecule has 1 atom stereocenters. The molecule has 2 N–H and O–H groups in total. The molecule has 0 saturated heterocycles. The first-order valence-electron chi connectivity index (χ1n) is 8.30. The molecule has 0 fully saturated rings. The number of ether oxygens (including phenoxy) is 1. The highest BCUT2D eigenvalue weighted by atomic mass is 19.1. The van der Waals surface area contributed by atoms with E-state index in [1.54, 1.807) is 13.8 Å². The standard InChI is InChI=1S/C19H19FN2O6/c1-10-8-11(2)17(22(26)27)12(3)16(10)18(23)21-9-15(19(24)25)28-14-6-4-13(20)5-7-14/h4-8,15H,9H2,1-3H3,(H,21,23)(H,24,25).